The first-order chi connectivity index (χ1) is 9.85. The van der Waals surface area contributed by atoms with Gasteiger partial charge in [0.2, 0.25) is 5.09 Å². The highest BCUT2D eigenvalue weighted by molar-refractivity contribution is 7.89. The standard InChI is InChI=1S/C13H21N3O4S/c1-9(14)10-4-3-7-16(8-10)13(17)11-5-6-12(20-11)21(18,19)15-2/h5-6,9-10,15H,3-4,7-8,14H2,1-2H3/t9-,10-/m1/s1. The number of carbonyl (C=O) groups is 1. The van der Waals surface area contributed by atoms with Gasteiger partial charge in [0.05, 0.1) is 0 Å². The third-order valence-corrected chi connectivity index (χ3v) is 5.10. The van der Waals surface area contributed by atoms with Crippen LogP contribution in [0.4, 0.5) is 0 Å². The van der Waals surface area contributed by atoms with Gasteiger partial charge >= 0.3 is 0 Å². The molecule has 118 valence electrons. The number of hydrogen-bond donors (Lipinski definition) is 2. The van der Waals surface area contributed by atoms with Crippen molar-refractivity contribution in [3.63, 3.8) is 0 Å². The molecule has 2 rings (SSSR count). The number of amides is 1. The number of carbonyl (C=O) groups excluding carboxylic acids is 1. The van der Waals surface area contributed by atoms with E-state index in [9.17, 15) is 13.2 Å². The minimum Gasteiger partial charge on any atom is -0.438 e. The number of nitrogens with two attached hydrogens (primary N) is 1. The Morgan fingerprint density at radius 2 is 2.24 bits per heavy atom. The first-order valence-corrected chi connectivity index (χ1v) is 8.41. The molecule has 2 heterocycles. The highest BCUT2D eigenvalue weighted by Crippen LogP contribution is 2.22. The number of nitrogens with zero attached hydrogens (tertiary/aromatic N) is 1. The summed E-state index contributed by atoms with van der Waals surface area (Å²) in [6, 6.07) is 2.70. The zero-order chi connectivity index (χ0) is 15.6. The molecule has 0 radical (unpaired) electrons. The number of likely N-dealkylation sites (tertiary alicyclic amines) is 1. The Morgan fingerprint density at radius 3 is 2.86 bits per heavy atom. The lowest BCUT2D eigenvalue weighted by molar-refractivity contribution is 0.0623. The number of sulfonamides is 1. The van der Waals surface area contributed by atoms with Crippen molar-refractivity contribution in [3.8, 4) is 0 Å². The summed E-state index contributed by atoms with van der Waals surface area (Å²) in [5, 5.41) is -0.255. The molecule has 1 aromatic rings. The molecule has 0 aliphatic carbocycles. The first-order valence-electron chi connectivity index (χ1n) is 6.93. The Labute approximate surface area is 124 Å². The predicted molar refractivity (Wildman–Crippen MR) is 77.2 cm³/mol. The molecule has 2 atom stereocenters. The van der Waals surface area contributed by atoms with Crippen molar-refractivity contribution in [1.29, 1.82) is 0 Å². The largest absolute Gasteiger partial charge is 0.438 e. The van der Waals surface area contributed by atoms with Gasteiger partial charge in [-0.25, -0.2) is 13.1 Å². The van der Waals surface area contributed by atoms with E-state index in [0.717, 1.165) is 12.8 Å². The van der Waals surface area contributed by atoms with Crippen molar-refractivity contribution in [1.82, 2.24) is 9.62 Å². The summed E-state index contributed by atoms with van der Waals surface area (Å²) in [6.07, 6.45) is 1.89. The average molecular weight is 315 g/mol. The van der Waals surface area contributed by atoms with Gasteiger partial charge in [-0.3, -0.25) is 4.79 Å². The molecule has 1 saturated heterocycles. The molecule has 0 saturated carbocycles. The maximum absolute atomic E-state index is 12.4. The fraction of sp³-hybridized carbons (Fsp3) is 0.615. The van der Waals surface area contributed by atoms with E-state index < -0.39 is 10.0 Å². The predicted octanol–water partition coefficient (Wildman–Crippen LogP) is 0.387. The highest BCUT2D eigenvalue weighted by atomic mass is 32.2. The second-order valence-corrected chi connectivity index (χ2v) is 7.16. The monoisotopic (exact) mass is 315 g/mol. The molecule has 7 nitrogen and oxygen atoms in total. The smallest absolute Gasteiger partial charge is 0.289 e. The molecule has 0 bridgehead atoms. The van der Waals surface area contributed by atoms with E-state index >= 15 is 0 Å². The van der Waals surface area contributed by atoms with Crippen LogP contribution in [0, 0.1) is 5.92 Å². The Kier molecular flexibility index (Phi) is 4.70. The third-order valence-electron chi connectivity index (χ3n) is 3.81. The van der Waals surface area contributed by atoms with Gasteiger partial charge in [-0.2, -0.15) is 0 Å². The number of rotatable bonds is 4. The molecule has 1 aliphatic heterocycles. The molecule has 1 aromatic heterocycles. The van der Waals surface area contributed by atoms with Crippen LogP contribution in [0.5, 0.6) is 0 Å². The second kappa shape index (κ2) is 6.17. The van der Waals surface area contributed by atoms with Crippen molar-refractivity contribution in [3.05, 3.63) is 17.9 Å². The van der Waals surface area contributed by atoms with Crippen LogP contribution in [0.1, 0.15) is 30.3 Å². The van der Waals surface area contributed by atoms with E-state index in [-0.39, 0.29) is 28.7 Å². The van der Waals surface area contributed by atoms with Crippen molar-refractivity contribution < 1.29 is 17.6 Å². The van der Waals surface area contributed by atoms with Crippen LogP contribution in [0.25, 0.3) is 0 Å². The highest BCUT2D eigenvalue weighted by Gasteiger charge is 2.29. The molecular formula is C13H21N3O4S. The Hall–Kier alpha value is -1.38. The van der Waals surface area contributed by atoms with Crippen LogP contribution < -0.4 is 10.5 Å². The summed E-state index contributed by atoms with van der Waals surface area (Å²) in [7, 11) is -2.38. The summed E-state index contributed by atoms with van der Waals surface area (Å²) >= 11 is 0. The van der Waals surface area contributed by atoms with Gasteiger partial charge in [0.15, 0.2) is 5.76 Å². The van der Waals surface area contributed by atoms with E-state index in [1.807, 2.05) is 6.92 Å². The van der Waals surface area contributed by atoms with E-state index in [0.29, 0.717) is 13.1 Å². The molecule has 1 fully saturated rings. The van der Waals surface area contributed by atoms with Crippen LogP contribution >= 0.6 is 0 Å². The zero-order valence-electron chi connectivity index (χ0n) is 12.2. The fourth-order valence-electron chi connectivity index (χ4n) is 2.46. The molecule has 8 heteroatoms. The number of furan rings is 1. The molecule has 0 aromatic carbocycles. The summed E-state index contributed by atoms with van der Waals surface area (Å²) < 4.78 is 30.5. The summed E-state index contributed by atoms with van der Waals surface area (Å²) in [5.74, 6) is 0.00484. The Morgan fingerprint density at radius 1 is 1.52 bits per heavy atom. The third kappa shape index (κ3) is 3.45. The molecule has 0 spiro atoms. The van der Waals surface area contributed by atoms with E-state index in [1.54, 1.807) is 4.90 Å². The molecule has 3 N–H and O–H groups in total. The number of piperidine rings is 1. The molecule has 1 amide bonds. The zero-order valence-corrected chi connectivity index (χ0v) is 13.0. The van der Waals surface area contributed by atoms with Crippen molar-refractivity contribution in [2.24, 2.45) is 11.7 Å². The fourth-order valence-corrected chi connectivity index (χ4v) is 3.11. The normalized spacial score (nSPS) is 21.3. The van der Waals surface area contributed by atoms with Crippen LogP contribution in [0.15, 0.2) is 21.6 Å². The van der Waals surface area contributed by atoms with Crippen molar-refractivity contribution in [2.45, 2.75) is 30.9 Å². The number of hydrogen-bond acceptors (Lipinski definition) is 5. The van der Waals surface area contributed by atoms with Crippen LogP contribution in [-0.4, -0.2) is 45.4 Å². The maximum Gasteiger partial charge on any atom is 0.289 e. The lowest BCUT2D eigenvalue weighted by atomic mass is 9.92. The van der Waals surface area contributed by atoms with Gasteiger partial charge in [0, 0.05) is 19.1 Å². The van der Waals surface area contributed by atoms with Crippen LogP contribution in [-0.2, 0) is 10.0 Å². The van der Waals surface area contributed by atoms with Gasteiger partial charge in [-0.15, -0.1) is 0 Å². The average Bonchev–Trinajstić information content (AvgIpc) is 2.97. The molecular weight excluding hydrogens is 294 g/mol. The van der Waals surface area contributed by atoms with Crippen LogP contribution in [0.2, 0.25) is 0 Å². The van der Waals surface area contributed by atoms with Crippen LogP contribution in [0.3, 0.4) is 0 Å². The lowest BCUT2D eigenvalue weighted by Gasteiger charge is -2.34. The summed E-state index contributed by atoms with van der Waals surface area (Å²) in [5.41, 5.74) is 5.90. The molecule has 21 heavy (non-hydrogen) atoms. The Balaban J connectivity index is 2.13. The van der Waals surface area contributed by atoms with Gasteiger partial charge in [0.1, 0.15) is 0 Å². The maximum atomic E-state index is 12.4. The topological polar surface area (TPSA) is 106 Å². The van der Waals surface area contributed by atoms with Crippen molar-refractivity contribution >= 4 is 15.9 Å². The van der Waals surface area contributed by atoms with E-state index in [1.165, 1.54) is 19.2 Å². The van der Waals surface area contributed by atoms with Crippen molar-refractivity contribution in [2.75, 3.05) is 20.1 Å². The first kappa shape index (κ1) is 16.0. The van der Waals surface area contributed by atoms with Gasteiger partial charge in [-0.05, 0) is 44.9 Å². The van der Waals surface area contributed by atoms with Gasteiger partial charge in [-0.1, -0.05) is 0 Å². The Bertz CT molecular complexity index is 609. The summed E-state index contributed by atoms with van der Waals surface area (Å²) in [6.45, 7) is 3.14. The minimum absolute atomic E-state index is 0.0254. The number of nitrogens with one attached hydrogen (secondary N) is 1. The van der Waals surface area contributed by atoms with E-state index in [4.69, 9.17) is 10.2 Å². The second-order valence-electron chi connectivity index (χ2n) is 5.34. The van der Waals surface area contributed by atoms with Gasteiger partial charge < -0.3 is 15.1 Å². The SMILES string of the molecule is CNS(=O)(=O)c1ccc(C(=O)N2CCC[C@@H]([C@@H](C)N)C2)o1. The molecule has 1 aliphatic rings. The quantitative estimate of drug-likeness (QED) is 0.836. The lowest BCUT2D eigenvalue weighted by Crippen LogP contribution is -2.44. The van der Waals surface area contributed by atoms with Gasteiger partial charge in [0.25, 0.3) is 15.9 Å². The summed E-state index contributed by atoms with van der Waals surface area (Å²) in [4.78, 5) is 14.0. The van der Waals surface area contributed by atoms with E-state index in [2.05, 4.69) is 4.72 Å². The minimum atomic E-state index is -3.67. The molecule has 0 unspecified atom stereocenters.